The zero-order valence-corrected chi connectivity index (χ0v) is 13.3. The summed E-state index contributed by atoms with van der Waals surface area (Å²) < 4.78 is 0. The Balaban J connectivity index is 2.32. The van der Waals surface area contributed by atoms with E-state index in [9.17, 15) is 25.0 Å². The number of amides is 1. The zero-order chi connectivity index (χ0) is 18.0. The van der Waals surface area contributed by atoms with E-state index in [-0.39, 0.29) is 16.9 Å². The third kappa shape index (κ3) is 3.37. The van der Waals surface area contributed by atoms with Crippen molar-refractivity contribution in [1.29, 1.82) is 0 Å². The maximum absolute atomic E-state index is 12.4. The van der Waals surface area contributed by atoms with E-state index in [2.05, 4.69) is 5.32 Å². The fourth-order valence-corrected chi connectivity index (χ4v) is 2.43. The molecule has 0 heterocycles. The van der Waals surface area contributed by atoms with Gasteiger partial charge in [-0.1, -0.05) is 0 Å². The molecule has 0 atom stereocenters. The van der Waals surface area contributed by atoms with E-state index in [0.29, 0.717) is 22.4 Å². The van der Waals surface area contributed by atoms with Crippen LogP contribution in [-0.2, 0) is 0 Å². The molecule has 1 N–H and O–H groups in total. The third-order valence-electron chi connectivity index (χ3n) is 3.62. The molecule has 8 nitrogen and oxygen atoms in total. The average molecular weight is 329 g/mol. The molecular formula is C16H15N3O5. The Hall–Kier alpha value is -3.29. The number of hydrogen-bond acceptors (Lipinski definition) is 5. The smallest absolute Gasteiger partial charge is 0.272 e. The van der Waals surface area contributed by atoms with Gasteiger partial charge >= 0.3 is 0 Å². The van der Waals surface area contributed by atoms with Crippen LogP contribution in [0.15, 0.2) is 30.3 Å². The molecule has 8 heteroatoms. The Labute approximate surface area is 137 Å². The summed E-state index contributed by atoms with van der Waals surface area (Å²) in [6.07, 6.45) is 0. The fraction of sp³-hybridized carbons (Fsp3) is 0.188. The van der Waals surface area contributed by atoms with Crippen molar-refractivity contribution in [3.05, 3.63) is 72.8 Å². The number of non-ortho nitro benzene ring substituents is 1. The Morgan fingerprint density at radius 1 is 0.917 bits per heavy atom. The summed E-state index contributed by atoms with van der Waals surface area (Å²) in [7, 11) is 0. The molecule has 2 aromatic rings. The first kappa shape index (κ1) is 17.1. The number of anilines is 1. The van der Waals surface area contributed by atoms with Gasteiger partial charge in [-0.05, 0) is 44.0 Å². The standard InChI is InChI=1S/C16H15N3O5/c1-9-6-12(4-5-14(9)19(23)24)16(20)17-15-10(2)7-13(18(21)22)8-11(15)3/h4-8H,1-3H3,(H,17,20). The topological polar surface area (TPSA) is 115 Å². The van der Waals surface area contributed by atoms with Gasteiger partial charge in [0.05, 0.1) is 9.85 Å². The lowest BCUT2D eigenvalue weighted by molar-refractivity contribution is -0.385. The number of rotatable bonds is 4. The largest absolute Gasteiger partial charge is 0.321 e. The van der Waals surface area contributed by atoms with Crippen molar-refractivity contribution in [3.63, 3.8) is 0 Å². The first-order valence-electron chi connectivity index (χ1n) is 7.02. The van der Waals surface area contributed by atoms with Gasteiger partial charge in [-0.2, -0.15) is 0 Å². The van der Waals surface area contributed by atoms with Crippen LogP contribution in [0.1, 0.15) is 27.0 Å². The summed E-state index contributed by atoms with van der Waals surface area (Å²) in [5, 5.41) is 24.4. The van der Waals surface area contributed by atoms with Crippen LogP contribution in [0.3, 0.4) is 0 Å². The van der Waals surface area contributed by atoms with Gasteiger partial charge in [-0.3, -0.25) is 25.0 Å². The molecule has 1 amide bonds. The van der Waals surface area contributed by atoms with Crippen LogP contribution < -0.4 is 5.32 Å². The minimum Gasteiger partial charge on any atom is -0.321 e. The van der Waals surface area contributed by atoms with Gasteiger partial charge in [0, 0.05) is 35.0 Å². The molecule has 0 aliphatic carbocycles. The molecule has 0 saturated carbocycles. The van der Waals surface area contributed by atoms with Crippen LogP contribution in [0.4, 0.5) is 17.1 Å². The van der Waals surface area contributed by atoms with Crippen molar-refractivity contribution in [2.45, 2.75) is 20.8 Å². The molecule has 0 fully saturated rings. The van der Waals surface area contributed by atoms with Gasteiger partial charge in [-0.25, -0.2) is 0 Å². The Bertz CT molecular complexity index is 838. The van der Waals surface area contributed by atoms with E-state index < -0.39 is 15.8 Å². The predicted molar refractivity (Wildman–Crippen MR) is 88.4 cm³/mol. The molecule has 0 radical (unpaired) electrons. The Morgan fingerprint density at radius 3 is 1.96 bits per heavy atom. The molecule has 0 aliphatic rings. The highest BCUT2D eigenvalue weighted by Gasteiger charge is 2.17. The van der Waals surface area contributed by atoms with Crippen molar-refractivity contribution < 1.29 is 14.6 Å². The van der Waals surface area contributed by atoms with Gasteiger partial charge in [0.1, 0.15) is 0 Å². The van der Waals surface area contributed by atoms with Gasteiger partial charge in [0.15, 0.2) is 0 Å². The van der Waals surface area contributed by atoms with Crippen LogP contribution in [0, 0.1) is 41.0 Å². The van der Waals surface area contributed by atoms with Crippen molar-refractivity contribution in [2.24, 2.45) is 0 Å². The van der Waals surface area contributed by atoms with Crippen LogP contribution in [0.25, 0.3) is 0 Å². The van der Waals surface area contributed by atoms with E-state index in [1.807, 2.05) is 0 Å². The summed E-state index contributed by atoms with van der Waals surface area (Å²) in [5.74, 6) is -0.437. The van der Waals surface area contributed by atoms with E-state index in [0.717, 1.165) is 0 Å². The van der Waals surface area contributed by atoms with Crippen molar-refractivity contribution in [2.75, 3.05) is 5.32 Å². The Morgan fingerprint density at radius 2 is 1.50 bits per heavy atom. The number of carbonyl (C=O) groups excluding carboxylic acids is 1. The molecule has 2 rings (SSSR count). The molecule has 0 unspecified atom stereocenters. The minimum absolute atomic E-state index is 0.0471. The first-order chi connectivity index (χ1) is 11.2. The minimum atomic E-state index is -0.512. The van der Waals surface area contributed by atoms with E-state index in [1.54, 1.807) is 20.8 Å². The third-order valence-corrected chi connectivity index (χ3v) is 3.62. The summed E-state index contributed by atoms with van der Waals surface area (Å²) in [4.78, 5) is 33.0. The van der Waals surface area contributed by atoms with Crippen molar-refractivity contribution in [1.82, 2.24) is 0 Å². The fourth-order valence-electron chi connectivity index (χ4n) is 2.43. The second kappa shape index (κ2) is 6.45. The second-order valence-electron chi connectivity index (χ2n) is 5.42. The summed E-state index contributed by atoms with van der Waals surface area (Å²) in [6, 6.07) is 6.84. The van der Waals surface area contributed by atoms with Crippen molar-refractivity contribution in [3.8, 4) is 0 Å². The molecule has 24 heavy (non-hydrogen) atoms. The number of benzene rings is 2. The summed E-state index contributed by atoms with van der Waals surface area (Å²) in [6.45, 7) is 4.88. The molecule has 0 aromatic heterocycles. The number of hydrogen-bond donors (Lipinski definition) is 1. The SMILES string of the molecule is Cc1cc(C(=O)Nc2c(C)cc([N+](=O)[O-])cc2C)ccc1[N+](=O)[O-]. The lowest BCUT2D eigenvalue weighted by atomic mass is 10.1. The second-order valence-corrected chi connectivity index (χ2v) is 5.42. The lowest BCUT2D eigenvalue weighted by Gasteiger charge is -2.12. The zero-order valence-electron chi connectivity index (χ0n) is 13.3. The molecular weight excluding hydrogens is 314 g/mol. The van der Waals surface area contributed by atoms with Gasteiger partial charge in [-0.15, -0.1) is 0 Å². The van der Waals surface area contributed by atoms with Gasteiger partial charge < -0.3 is 5.32 Å². The highest BCUT2D eigenvalue weighted by atomic mass is 16.6. The van der Waals surface area contributed by atoms with Crippen molar-refractivity contribution >= 4 is 23.0 Å². The van der Waals surface area contributed by atoms with E-state index in [1.165, 1.54) is 30.3 Å². The lowest BCUT2D eigenvalue weighted by Crippen LogP contribution is -2.14. The first-order valence-corrected chi connectivity index (χ1v) is 7.02. The number of aryl methyl sites for hydroxylation is 3. The number of nitrogens with one attached hydrogen (secondary N) is 1. The van der Waals surface area contributed by atoms with Crippen LogP contribution >= 0.6 is 0 Å². The summed E-state index contributed by atoms with van der Waals surface area (Å²) in [5.41, 5.74) is 2.16. The number of nitrogens with zero attached hydrogens (tertiary/aromatic N) is 2. The van der Waals surface area contributed by atoms with Crippen LogP contribution in [-0.4, -0.2) is 15.8 Å². The Kier molecular flexibility index (Phi) is 4.59. The van der Waals surface area contributed by atoms with Crippen LogP contribution in [0.2, 0.25) is 0 Å². The van der Waals surface area contributed by atoms with E-state index >= 15 is 0 Å². The highest BCUT2D eigenvalue weighted by molar-refractivity contribution is 6.05. The molecule has 2 aromatic carbocycles. The molecule has 0 spiro atoms. The molecule has 0 saturated heterocycles. The predicted octanol–water partition coefficient (Wildman–Crippen LogP) is 3.68. The van der Waals surface area contributed by atoms with Gasteiger partial charge in [0.25, 0.3) is 17.3 Å². The molecule has 0 bridgehead atoms. The average Bonchev–Trinajstić information content (AvgIpc) is 2.49. The number of carbonyl (C=O) groups is 1. The number of nitro groups is 2. The van der Waals surface area contributed by atoms with E-state index in [4.69, 9.17) is 0 Å². The quantitative estimate of drug-likeness (QED) is 0.678. The van der Waals surface area contributed by atoms with Gasteiger partial charge in [0.2, 0.25) is 0 Å². The maximum atomic E-state index is 12.4. The highest BCUT2D eigenvalue weighted by Crippen LogP contribution is 2.27. The number of nitro benzene ring substituents is 2. The van der Waals surface area contributed by atoms with Crippen LogP contribution in [0.5, 0.6) is 0 Å². The molecule has 0 aliphatic heterocycles. The normalized spacial score (nSPS) is 10.3. The monoisotopic (exact) mass is 329 g/mol. The molecule has 124 valence electrons. The summed E-state index contributed by atoms with van der Waals surface area (Å²) >= 11 is 0. The maximum Gasteiger partial charge on any atom is 0.272 e.